The van der Waals surface area contributed by atoms with Crippen molar-refractivity contribution in [2.24, 2.45) is 7.05 Å². The second kappa shape index (κ2) is 8.39. The number of hydrogen-bond donors (Lipinski definition) is 1. The van der Waals surface area contributed by atoms with Gasteiger partial charge in [-0.25, -0.2) is 0 Å². The van der Waals surface area contributed by atoms with Crippen molar-refractivity contribution >= 4 is 12.2 Å². The molecule has 4 rings (SSSR count). The third-order valence-electron chi connectivity index (χ3n) is 5.72. The zero-order valence-corrected chi connectivity index (χ0v) is 17.9. The van der Waals surface area contributed by atoms with Crippen LogP contribution >= 0.6 is 12.2 Å². The van der Waals surface area contributed by atoms with E-state index in [1.54, 1.807) is 14.2 Å². The van der Waals surface area contributed by atoms with Gasteiger partial charge in [0.05, 0.1) is 26.3 Å². The van der Waals surface area contributed by atoms with Gasteiger partial charge in [0.2, 0.25) is 4.77 Å². The predicted octanol–water partition coefficient (Wildman–Crippen LogP) is 3.01. The van der Waals surface area contributed by atoms with Crippen LogP contribution in [0.3, 0.4) is 0 Å². The summed E-state index contributed by atoms with van der Waals surface area (Å²) >= 11 is 5.70. The fraction of sp³-hybridized carbons (Fsp3) is 0.364. The van der Waals surface area contributed by atoms with Crippen LogP contribution in [0.2, 0.25) is 0 Å². The van der Waals surface area contributed by atoms with Crippen molar-refractivity contribution in [1.82, 2.24) is 14.3 Å². The second-order valence-electron chi connectivity index (χ2n) is 7.40. The largest absolute Gasteiger partial charge is 0.497 e. The number of ether oxygens (including phenoxy) is 2. The lowest BCUT2D eigenvalue weighted by atomic mass is 10.0. The van der Waals surface area contributed by atoms with Gasteiger partial charge in [0, 0.05) is 25.5 Å². The molecule has 0 bridgehead atoms. The smallest absolute Gasteiger partial charge is 0.202 e. The molecule has 0 spiro atoms. The van der Waals surface area contributed by atoms with E-state index in [-0.39, 0.29) is 0 Å². The molecule has 152 valence electrons. The summed E-state index contributed by atoms with van der Waals surface area (Å²) in [6.45, 7) is 1.80. The van der Waals surface area contributed by atoms with E-state index in [9.17, 15) is 0 Å². The molecule has 3 aromatic rings. The third kappa shape index (κ3) is 3.80. The Morgan fingerprint density at radius 2 is 1.93 bits per heavy atom. The molecule has 0 saturated carbocycles. The molecule has 6 nitrogen and oxygen atoms in total. The Morgan fingerprint density at radius 1 is 1.14 bits per heavy atom. The van der Waals surface area contributed by atoms with E-state index in [4.69, 9.17) is 26.8 Å². The van der Waals surface area contributed by atoms with E-state index < -0.39 is 0 Å². The van der Waals surface area contributed by atoms with Crippen molar-refractivity contribution in [3.8, 4) is 22.9 Å². The number of nitrogens with one attached hydrogen (secondary N) is 1. The molecule has 1 fully saturated rings. The molecule has 1 N–H and O–H groups in total. The normalized spacial score (nSPS) is 18.7. The number of aromatic nitrogens is 3. The summed E-state index contributed by atoms with van der Waals surface area (Å²) in [4.78, 5) is 1.44. The van der Waals surface area contributed by atoms with E-state index in [1.807, 2.05) is 46.6 Å². The van der Waals surface area contributed by atoms with Crippen molar-refractivity contribution in [3.05, 3.63) is 58.9 Å². The molecule has 1 aliphatic heterocycles. The fourth-order valence-corrected chi connectivity index (χ4v) is 4.40. The number of benzene rings is 2. The first-order chi connectivity index (χ1) is 14.1. The van der Waals surface area contributed by atoms with E-state index >= 15 is 0 Å². The zero-order valence-electron chi connectivity index (χ0n) is 17.1. The monoisotopic (exact) mass is 411 g/mol. The van der Waals surface area contributed by atoms with Crippen molar-refractivity contribution in [2.75, 3.05) is 20.8 Å². The molecule has 1 aromatic heterocycles. The molecule has 29 heavy (non-hydrogen) atoms. The number of methoxy groups -OCH3 is 2. The van der Waals surface area contributed by atoms with Crippen LogP contribution in [0.15, 0.2) is 48.5 Å². The Balaban J connectivity index is 1.64. The van der Waals surface area contributed by atoms with Crippen molar-refractivity contribution in [1.29, 1.82) is 0 Å². The maximum absolute atomic E-state index is 5.70. The van der Waals surface area contributed by atoms with Gasteiger partial charge in [-0.1, -0.05) is 30.3 Å². The minimum Gasteiger partial charge on any atom is -0.497 e. The molecule has 1 unspecified atom stereocenters. The van der Waals surface area contributed by atoms with Crippen LogP contribution in [0.25, 0.3) is 11.4 Å². The van der Waals surface area contributed by atoms with E-state index in [1.165, 1.54) is 10.5 Å². The molecule has 1 aliphatic rings. The topological polar surface area (TPSA) is 45.6 Å². The van der Waals surface area contributed by atoms with Crippen molar-refractivity contribution in [3.63, 3.8) is 0 Å². The molecule has 2 heterocycles. The van der Waals surface area contributed by atoms with Gasteiger partial charge in [0.1, 0.15) is 17.5 Å². The van der Waals surface area contributed by atoms with Gasteiger partial charge in [-0.05, 0) is 30.4 Å². The highest BCUT2D eigenvalue weighted by Crippen LogP contribution is 2.31. The quantitative estimate of drug-likeness (QED) is 0.634. The van der Waals surface area contributed by atoms with Crippen LogP contribution in [0, 0.1) is 4.77 Å². The Hall–Kier alpha value is -2.64. The minimum absolute atomic E-state index is 0.323. The van der Waals surface area contributed by atoms with Crippen LogP contribution in [-0.4, -0.2) is 35.1 Å². The first kappa shape index (κ1) is 19.7. The fourth-order valence-electron chi connectivity index (χ4n) is 4.21. The van der Waals surface area contributed by atoms with E-state index in [0.717, 1.165) is 53.7 Å². The van der Waals surface area contributed by atoms with Crippen LogP contribution in [-0.2, 0) is 13.7 Å². The summed E-state index contributed by atoms with van der Waals surface area (Å²) in [7, 11) is 5.40. The number of likely N-dealkylation sites (tertiary alicyclic amines) is 1. The van der Waals surface area contributed by atoms with Crippen LogP contribution < -0.4 is 14.4 Å². The molecule has 2 aromatic carbocycles. The zero-order chi connectivity index (χ0) is 20.4. The number of nitrogens with zero attached hydrogens (tertiary/aromatic N) is 3. The average molecular weight is 412 g/mol. The Bertz CT molecular complexity index is 1040. The Labute approximate surface area is 176 Å². The highest BCUT2D eigenvalue weighted by molar-refractivity contribution is 7.71. The summed E-state index contributed by atoms with van der Waals surface area (Å²) in [5.74, 6) is 2.65. The van der Waals surface area contributed by atoms with Gasteiger partial charge in [0.15, 0.2) is 12.5 Å². The summed E-state index contributed by atoms with van der Waals surface area (Å²) in [5.41, 5.74) is 2.26. The van der Waals surface area contributed by atoms with Gasteiger partial charge < -0.3 is 18.9 Å². The summed E-state index contributed by atoms with van der Waals surface area (Å²) in [6, 6.07) is 16.5. The lowest BCUT2D eigenvalue weighted by Crippen LogP contribution is -3.09. The first-order valence-electron chi connectivity index (χ1n) is 9.88. The van der Waals surface area contributed by atoms with Gasteiger partial charge in [-0.2, -0.15) is 4.68 Å². The lowest BCUT2D eigenvalue weighted by molar-refractivity contribution is -0.941. The molecular formula is C22H27N4O2S+. The van der Waals surface area contributed by atoms with Crippen LogP contribution in [0.1, 0.15) is 24.4 Å². The van der Waals surface area contributed by atoms with Gasteiger partial charge in [-0.3, -0.25) is 0 Å². The summed E-state index contributed by atoms with van der Waals surface area (Å²) in [5, 5.41) is 4.85. The predicted molar refractivity (Wildman–Crippen MR) is 115 cm³/mol. The maximum Gasteiger partial charge on any atom is 0.202 e. The molecule has 7 heteroatoms. The van der Waals surface area contributed by atoms with Crippen LogP contribution in [0.5, 0.6) is 11.5 Å². The third-order valence-corrected chi connectivity index (χ3v) is 6.21. The van der Waals surface area contributed by atoms with Crippen molar-refractivity contribution in [2.45, 2.75) is 25.6 Å². The highest BCUT2D eigenvalue weighted by Gasteiger charge is 2.33. The SMILES string of the molecule is COc1ccc(OC)c([C@H]2CCC[NH+]2Cn2nc(-c3ccccc3)n(C)c2=S)c1. The van der Waals surface area contributed by atoms with Gasteiger partial charge in [0.25, 0.3) is 0 Å². The molecule has 0 aliphatic carbocycles. The molecule has 1 saturated heterocycles. The van der Waals surface area contributed by atoms with Gasteiger partial charge >= 0.3 is 0 Å². The highest BCUT2D eigenvalue weighted by atomic mass is 32.1. The van der Waals surface area contributed by atoms with E-state index in [0.29, 0.717) is 6.04 Å². The van der Waals surface area contributed by atoms with Gasteiger partial charge in [-0.15, -0.1) is 5.10 Å². The maximum atomic E-state index is 5.70. The Morgan fingerprint density at radius 3 is 2.66 bits per heavy atom. The standard InChI is InChI=1S/C22H26N4O2S/c1-24-21(16-8-5-4-6-9-16)23-26(22(24)29)15-25-13-7-10-19(25)18-14-17(27-2)11-12-20(18)28-3/h4-6,8-9,11-12,14,19H,7,10,13,15H2,1-3H3/p+1/t19-/m1/s1. The number of quaternary nitrogens is 1. The minimum atomic E-state index is 0.323. The number of hydrogen-bond acceptors (Lipinski definition) is 4. The lowest BCUT2D eigenvalue weighted by Gasteiger charge is -2.23. The molecule has 0 radical (unpaired) electrons. The van der Waals surface area contributed by atoms with Crippen LogP contribution in [0.4, 0.5) is 0 Å². The Kier molecular flexibility index (Phi) is 5.69. The van der Waals surface area contributed by atoms with E-state index in [2.05, 4.69) is 18.2 Å². The molecule has 2 atom stereocenters. The first-order valence-corrected chi connectivity index (χ1v) is 10.3. The molecule has 0 amide bonds. The second-order valence-corrected chi connectivity index (χ2v) is 7.76. The molecular weight excluding hydrogens is 384 g/mol. The average Bonchev–Trinajstić information content (AvgIpc) is 3.34. The van der Waals surface area contributed by atoms with Crippen molar-refractivity contribution < 1.29 is 14.4 Å². The number of rotatable bonds is 6. The summed E-state index contributed by atoms with van der Waals surface area (Å²) < 4.78 is 15.8. The summed E-state index contributed by atoms with van der Waals surface area (Å²) in [6.07, 6.45) is 2.26.